The molecule has 2 aliphatic heterocycles. The molecule has 3 atom stereocenters. The van der Waals surface area contributed by atoms with Gasteiger partial charge in [0, 0.05) is 36.3 Å². The summed E-state index contributed by atoms with van der Waals surface area (Å²) in [4.78, 5) is 31.3. The van der Waals surface area contributed by atoms with Crippen molar-refractivity contribution >= 4 is 23.4 Å². The Balaban J connectivity index is 1.29. The van der Waals surface area contributed by atoms with E-state index < -0.39 is 29.3 Å². The summed E-state index contributed by atoms with van der Waals surface area (Å²) in [5.74, 6) is -1.03. The van der Waals surface area contributed by atoms with Gasteiger partial charge in [-0.3, -0.25) is 9.59 Å². The van der Waals surface area contributed by atoms with Crippen LogP contribution < -0.4 is 0 Å². The Morgan fingerprint density at radius 3 is 2.63 bits per heavy atom. The quantitative estimate of drug-likeness (QED) is 0.322. The molecule has 1 aromatic heterocycles. The zero-order chi connectivity index (χ0) is 28.6. The highest BCUT2D eigenvalue weighted by Crippen LogP contribution is 2.46. The zero-order valence-corrected chi connectivity index (χ0v) is 23.0. The molecule has 41 heavy (non-hydrogen) atoms. The van der Waals surface area contributed by atoms with Gasteiger partial charge in [0.25, 0.3) is 5.91 Å². The van der Waals surface area contributed by atoms with E-state index in [0.29, 0.717) is 24.4 Å². The van der Waals surface area contributed by atoms with Crippen LogP contribution in [-0.2, 0) is 11.3 Å². The van der Waals surface area contributed by atoms with Crippen LogP contribution in [0.5, 0.6) is 0 Å². The van der Waals surface area contributed by atoms with E-state index in [4.69, 9.17) is 16.1 Å². The lowest BCUT2D eigenvalue weighted by molar-refractivity contribution is -0.165. The number of carbonyl (C=O) groups excluding carboxylic acids is 2. The molecule has 0 unspecified atom stereocenters. The van der Waals surface area contributed by atoms with Crippen LogP contribution in [0.25, 0.3) is 11.3 Å². The van der Waals surface area contributed by atoms with Crippen LogP contribution >= 0.6 is 11.6 Å². The van der Waals surface area contributed by atoms with Crippen molar-refractivity contribution in [2.75, 3.05) is 13.1 Å². The molecule has 6 rings (SSSR count). The van der Waals surface area contributed by atoms with Gasteiger partial charge in [0.1, 0.15) is 11.5 Å². The highest BCUT2D eigenvalue weighted by atomic mass is 35.5. The maximum Gasteiger partial charge on any atom is 0.292 e. The number of aromatic nitrogens is 1. The van der Waals surface area contributed by atoms with Gasteiger partial charge in [0.05, 0.1) is 17.6 Å². The van der Waals surface area contributed by atoms with Crippen molar-refractivity contribution < 1.29 is 23.6 Å². The van der Waals surface area contributed by atoms with E-state index in [1.54, 1.807) is 34.1 Å². The van der Waals surface area contributed by atoms with Crippen LogP contribution in [-0.4, -0.2) is 51.1 Å². The standard InChI is InChI=1S/C32H29ClFN3O4/c33-23-11-6-8-21(16-23)19-37-29(22-9-2-1-3-10-22)27(38)18-32(31(37)40)14-7-15-36(20-32)30(39)28-17-26(35-41-28)24-12-4-5-13-25(24)34/h1-6,8-13,16-17,27,29,38H,7,14-15,18-20H2/t27-,29+,32+/m1/s1. The van der Waals surface area contributed by atoms with Gasteiger partial charge in [-0.2, -0.15) is 0 Å². The third kappa shape index (κ3) is 5.25. The fraction of sp³-hybridized carbons (Fsp3) is 0.281. The average Bonchev–Trinajstić information content (AvgIpc) is 3.46. The van der Waals surface area contributed by atoms with Crippen molar-refractivity contribution in [3.8, 4) is 11.3 Å². The van der Waals surface area contributed by atoms with Gasteiger partial charge in [-0.1, -0.05) is 71.4 Å². The lowest BCUT2D eigenvalue weighted by atomic mass is 9.69. The summed E-state index contributed by atoms with van der Waals surface area (Å²) in [5.41, 5.74) is 1.18. The molecule has 3 heterocycles. The lowest BCUT2D eigenvalue weighted by Gasteiger charge is -2.51. The summed E-state index contributed by atoms with van der Waals surface area (Å²) in [6, 6.07) is 23.9. The van der Waals surface area contributed by atoms with Crippen molar-refractivity contribution in [2.24, 2.45) is 5.41 Å². The normalized spacial score (nSPS) is 22.8. The number of hydrogen-bond acceptors (Lipinski definition) is 5. The summed E-state index contributed by atoms with van der Waals surface area (Å²) in [7, 11) is 0. The second kappa shape index (κ2) is 11.1. The molecule has 2 saturated heterocycles. The molecule has 0 aliphatic carbocycles. The monoisotopic (exact) mass is 573 g/mol. The Kier molecular flexibility index (Phi) is 7.36. The molecule has 0 radical (unpaired) electrons. The minimum atomic E-state index is -0.967. The molecule has 4 aromatic rings. The molecule has 0 bridgehead atoms. The molecular formula is C32H29ClFN3O4. The molecule has 9 heteroatoms. The lowest BCUT2D eigenvalue weighted by Crippen LogP contribution is -2.61. The Hall–Kier alpha value is -4.01. The van der Waals surface area contributed by atoms with Crippen LogP contribution in [0, 0.1) is 11.2 Å². The Bertz CT molecular complexity index is 1580. The number of nitrogens with zero attached hydrogens (tertiary/aromatic N) is 3. The van der Waals surface area contributed by atoms with Crippen molar-refractivity contribution in [1.29, 1.82) is 0 Å². The van der Waals surface area contributed by atoms with Crippen LogP contribution in [0.2, 0.25) is 5.02 Å². The fourth-order valence-electron chi connectivity index (χ4n) is 6.27. The summed E-state index contributed by atoms with van der Waals surface area (Å²) >= 11 is 6.25. The second-order valence-electron chi connectivity index (χ2n) is 10.9. The van der Waals surface area contributed by atoms with Crippen LogP contribution in [0.3, 0.4) is 0 Å². The van der Waals surface area contributed by atoms with E-state index in [1.807, 2.05) is 48.5 Å². The maximum atomic E-state index is 14.4. The van der Waals surface area contributed by atoms with Gasteiger partial charge in [-0.25, -0.2) is 4.39 Å². The Labute approximate surface area is 242 Å². The first-order valence-corrected chi connectivity index (χ1v) is 14.0. The summed E-state index contributed by atoms with van der Waals surface area (Å²) < 4.78 is 19.6. The van der Waals surface area contributed by atoms with Gasteiger partial charge >= 0.3 is 0 Å². The van der Waals surface area contributed by atoms with Gasteiger partial charge in [0.15, 0.2) is 0 Å². The topological polar surface area (TPSA) is 86.9 Å². The Morgan fingerprint density at radius 1 is 1.07 bits per heavy atom. The predicted octanol–water partition coefficient (Wildman–Crippen LogP) is 5.89. The van der Waals surface area contributed by atoms with Gasteiger partial charge in [-0.05, 0) is 54.7 Å². The van der Waals surface area contributed by atoms with Crippen LogP contribution in [0.1, 0.15) is 47.0 Å². The van der Waals surface area contributed by atoms with Gasteiger partial charge in [-0.15, -0.1) is 0 Å². The van der Waals surface area contributed by atoms with Gasteiger partial charge in [0.2, 0.25) is 11.7 Å². The number of carbonyl (C=O) groups is 2. The highest BCUT2D eigenvalue weighted by molar-refractivity contribution is 6.30. The van der Waals surface area contributed by atoms with E-state index in [1.165, 1.54) is 12.1 Å². The summed E-state index contributed by atoms with van der Waals surface area (Å²) in [5, 5.41) is 16.1. The molecular weight excluding hydrogens is 545 g/mol. The van der Waals surface area contributed by atoms with E-state index in [2.05, 4.69) is 5.16 Å². The van der Waals surface area contributed by atoms with Crippen molar-refractivity contribution in [1.82, 2.24) is 15.0 Å². The minimum Gasteiger partial charge on any atom is -0.391 e. The number of halogens is 2. The predicted molar refractivity (Wildman–Crippen MR) is 151 cm³/mol. The first kappa shape index (κ1) is 27.2. The second-order valence-corrected chi connectivity index (χ2v) is 11.3. The number of benzene rings is 3. The number of hydrogen-bond donors (Lipinski definition) is 1. The molecule has 7 nitrogen and oxygen atoms in total. The molecule has 2 fully saturated rings. The zero-order valence-electron chi connectivity index (χ0n) is 22.2. The third-order valence-electron chi connectivity index (χ3n) is 8.13. The summed E-state index contributed by atoms with van der Waals surface area (Å²) in [6.07, 6.45) is 0.497. The number of piperidine rings is 2. The minimum absolute atomic E-state index is 0.0259. The van der Waals surface area contributed by atoms with E-state index in [0.717, 1.165) is 11.1 Å². The third-order valence-corrected chi connectivity index (χ3v) is 8.37. The SMILES string of the molecule is O=C(c1cc(-c2ccccc2F)no1)N1CCC[C@]2(C[C@@H](O)[C@H](c3ccccc3)N(Cc3cccc(Cl)c3)C2=O)C1. The number of likely N-dealkylation sites (tertiary alicyclic amines) is 2. The first-order valence-electron chi connectivity index (χ1n) is 13.6. The summed E-state index contributed by atoms with van der Waals surface area (Å²) in [6.45, 7) is 0.820. The first-order chi connectivity index (χ1) is 19.8. The molecule has 1 N–H and O–H groups in total. The number of rotatable bonds is 5. The maximum absolute atomic E-state index is 14.4. The van der Waals surface area contributed by atoms with Gasteiger partial charge < -0.3 is 19.4 Å². The highest BCUT2D eigenvalue weighted by Gasteiger charge is 2.53. The molecule has 0 saturated carbocycles. The number of amides is 2. The average molecular weight is 574 g/mol. The Morgan fingerprint density at radius 2 is 1.85 bits per heavy atom. The van der Waals surface area contributed by atoms with Crippen molar-refractivity contribution in [2.45, 2.75) is 38.0 Å². The smallest absolute Gasteiger partial charge is 0.292 e. The fourth-order valence-corrected chi connectivity index (χ4v) is 6.48. The number of aliphatic hydroxyl groups excluding tert-OH is 1. The molecule has 2 amide bonds. The molecule has 2 aliphatic rings. The van der Waals surface area contributed by atoms with Crippen LogP contribution in [0.4, 0.5) is 4.39 Å². The van der Waals surface area contributed by atoms with E-state index >= 15 is 0 Å². The molecule has 1 spiro atoms. The number of aliphatic hydroxyl groups is 1. The molecule has 3 aromatic carbocycles. The largest absolute Gasteiger partial charge is 0.391 e. The van der Waals surface area contributed by atoms with Crippen molar-refractivity contribution in [3.63, 3.8) is 0 Å². The molecule has 210 valence electrons. The van der Waals surface area contributed by atoms with E-state index in [9.17, 15) is 19.1 Å². The van der Waals surface area contributed by atoms with Crippen LogP contribution in [0.15, 0.2) is 89.5 Å². The van der Waals surface area contributed by atoms with E-state index in [-0.39, 0.29) is 42.4 Å². The van der Waals surface area contributed by atoms with Crippen molar-refractivity contribution in [3.05, 3.63) is 113 Å².